The summed E-state index contributed by atoms with van der Waals surface area (Å²) in [5.41, 5.74) is -0.129. The molecule has 18 heavy (non-hydrogen) atoms. The fraction of sp³-hybridized carbons (Fsp3) is 0.667. The largest absolute Gasteiger partial charge is 0.491 e. The number of ketones is 1. The van der Waals surface area contributed by atoms with Crippen molar-refractivity contribution >= 4 is 5.78 Å². The topological polar surface area (TPSA) is 46.5 Å². The average molecular weight is 250 g/mol. The van der Waals surface area contributed by atoms with E-state index in [0.717, 1.165) is 18.4 Å². The Balaban J connectivity index is 2.27. The van der Waals surface area contributed by atoms with Gasteiger partial charge in [0.2, 0.25) is 0 Å². The van der Waals surface area contributed by atoms with Crippen LogP contribution < -0.4 is 0 Å². The molecule has 2 rings (SSSR count). The minimum Gasteiger partial charge on any atom is -0.491 e. The van der Waals surface area contributed by atoms with Gasteiger partial charge in [0.05, 0.1) is 5.92 Å². The van der Waals surface area contributed by atoms with Crippen LogP contribution in [0, 0.1) is 11.8 Å². The lowest BCUT2D eigenvalue weighted by atomic mass is 9.77. The Morgan fingerprint density at radius 1 is 1.61 bits per heavy atom. The lowest BCUT2D eigenvalue weighted by Crippen LogP contribution is -2.41. The van der Waals surface area contributed by atoms with Gasteiger partial charge in [-0.1, -0.05) is 19.4 Å². The van der Waals surface area contributed by atoms with Crippen LogP contribution in [0.25, 0.3) is 0 Å². The molecule has 3 nitrogen and oxygen atoms in total. The Labute approximate surface area is 109 Å². The third kappa shape index (κ3) is 2.24. The van der Waals surface area contributed by atoms with Crippen molar-refractivity contribution < 1.29 is 14.6 Å². The van der Waals surface area contributed by atoms with E-state index in [-0.39, 0.29) is 11.9 Å². The van der Waals surface area contributed by atoms with E-state index >= 15 is 0 Å². The van der Waals surface area contributed by atoms with Crippen LogP contribution >= 0.6 is 0 Å². The van der Waals surface area contributed by atoms with E-state index in [0.29, 0.717) is 11.7 Å². The van der Waals surface area contributed by atoms with E-state index in [9.17, 15) is 9.90 Å². The number of aliphatic hydroxyl groups is 1. The Bertz CT molecular complexity index is 415. The summed E-state index contributed by atoms with van der Waals surface area (Å²) in [6.45, 7) is 7.85. The van der Waals surface area contributed by atoms with E-state index in [1.54, 1.807) is 13.0 Å². The van der Waals surface area contributed by atoms with Crippen molar-refractivity contribution in [2.24, 2.45) is 11.8 Å². The molecule has 0 radical (unpaired) electrons. The van der Waals surface area contributed by atoms with Crippen LogP contribution in [-0.4, -0.2) is 22.6 Å². The number of rotatable bonds is 2. The fourth-order valence-corrected chi connectivity index (χ4v) is 2.79. The number of hydrogen-bond donors (Lipinski definition) is 1. The van der Waals surface area contributed by atoms with E-state index in [2.05, 4.69) is 13.8 Å². The highest BCUT2D eigenvalue weighted by Gasteiger charge is 2.54. The Kier molecular flexibility index (Phi) is 3.37. The maximum Gasteiger partial charge on any atom is 0.165 e. The minimum absolute atomic E-state index is 0.0123. The first-order valence-electron chi connectivity index (χ1n) is 6.63. The van der Waals surface area contributed by atoms with Gasteiger partial charge in [0.15, 0.2) is 5.78 Å². The first kappa shape index (κ1) is 13.3. The summed E-state index contributed by atoms with van der Waals surface area (Å²) in [5, 5.41) is 10.6. The summed E-state index contributed by atoms with van der Waals surface area (Å²) in [5.74, 6) is 0.624. The first-order chi connectivity index (χ1) is 8.32. The van der Waals surface area contributed by atoms with E-state index in [1.807, 2.05) is 13.0 Å². The van der Waals surface area contributed by atoms with Gasteiger partial charge in [0.1, 0.15) is 17.5 Å². The maximum atomic E-state index is 12.0. The lowest BCUT2D eigenvalue weighted by molar-refractivity contribution is -0.125. The number of allylic oxidation sites excluding steroid dienone is 2. The molecule has 3 atom stereocenters. The SMILES string of the molecule is CC1=CC(=O)[C@H]2[C@@H](C1)O/C(=C\CC(C)C)[C@@]2(C)O. The van der Waals surface area contributed by atoms with Gasteiger partial charge >= 0.3 is 0 Å². The van der Waals surface area contributed by atoms with Gasteiger partial charge in [0, 0.05) is 6.42 Å². The standard InChI is InChI=1S/C15H22O3/c1-9(2)5-6-13-15(4,17)14-11(16)7-10(3)8-12(14)18-13/h6-7,9,12,14,17H,5,8H2,1-4H3/b13-6-/t12-,14+,15-/m1/s1. The molecule has 0 aromatic rings. The highest BCUT2D eigenvalue weighted by atomic mass is 16.5. The van der Waals surface area contributed by atoms with Crippen LogP contribution in [0.1, 0.15) is 40.5 Å². The molecule has 100 valence electrons. The summed E-state index contributed by atoms with van der Waals surface area (Å²) in [7, 11) is 0. The Morgan fingerprint density at radius 3 is 2.89 bits per heavy atom. The molecule has 1 aliphatic carbocycles. The van der Waals surface area contributed by atoms with Crippen molar-refractivity contribution in [1.82, 2.24) is 0 Å². The van der Waals surface area contributed by atoms with E-state index in [4.69, 9.17) is 4.74 Å². The second-order valence-corrected chi connectivity index (χ2v) is 6.08. The molecule has 2 aliphatic rings. The van der Waals surface area contributed by atoms with E-state index < -0.39 is 11.5 Å². The van der Waals surface area contributed by atoms with Crippen LogP contribution in [0.2, 0.25) is 0 Å². The Hall–Kier alpha value is -1.09. The monoisotopic (exact) mass is 250 g/mol. The van der Waals surface area contributed by atoms with Crippen molar-refractivity contribution in [2.75, 3.05) is 0 Å². The van der Waals surface area contributed by atoms with Crippen molar-refractivity contribution in [2.45, 2.75) is 52.2 Å². The van der Waals surface area contributed by atoms with Gasteiger partial charge in [-0.3, -0.25) is 4.79 Å². The average Bonchev–Trinajstić information content (AvgIpc) is 2.46. The second kappa shape index (κ2) is 4.54. The molecule has 1 aliphatic heterocycles. The molecule has 0 spiro atoms. The van der Waals surface area contributed by atoms with Crippen molar-refractivity contribution in [3.05, 3.63) is 23.5 Å². The highest BCUT2D eigenvalue weighted by molar-refractivity contribution is 5.95. The predicted molar refractivity (Wildman–Crippen MR) is 69.9 cm³/mol. The third-order valence-corrected chi connectivity index (χ3v) is 3.75. The van der Waals surface area contributed by atoms with Crippen LogP contribution in [0.3, 0.4) is 0 Å². The molecule has 1 fully saturated rings. The molecular formula is C15H22O3. The van der Waals surface area contributed by atoms with Gasteiger partial charge in [-0.2, -0.15) is 0 Å². The smallest absolute Gasteiger partial charge is 0.165 e. The van der Waals surface area contributed by atoms with Gasteiger partial charge in [-0.25, -0.2) is 0 Å². The van der Waals surface area contributed by atoms with Gasteiger partial charge in [-0.15, -0.1) is 0 Å². The number of carbonyl (C=O) groups excluding carboxylic acids is 1. The number of ether oxygens (including phenoxy) is 1. The van der Waals surface area contributed by atoms with Crippen LogP contribution in [-0.2, 0) is 9.53 Å². The van der Waals surface area contributed by atoms with E-state index in [1.165, 1.54) is 0 Å². The van der Waals surface area contributed by atoms with Crippen molar-refractivity contribution in [1.29, 1.82) is 0 Å². The molecule has 0 amide bonds. The normalized spacial score (nSPS) is 37.8. The molecule has 1 N–H and O–H groups in total. The molecule has 0 aromatic heterocycles. The molecule has 1 saturated heterocycles. The zero-order valence-electron chi connectivity index (χ0n) is 11.6. The summed E-state index contributed by atoms with van der Waals surface area (Å²) < 4.78 is 5.82. The maximum absolute atomic E-state index is 12.0. The zero-order chi connectivity index (χ0) is 13.5. The van der Waals surface area contributed by atoms with Crippen LogP contribution in [0.5, 0.6) is 0 Å². The lowest BCUT2D eigenvalue weighted by Gasteiger charge is -2.26. The predicted octanol–water partition coefficient (Wildman–Crippen LogP) is 2.60. The van der Waals surface area contributed by atoms with Crippen LogP contribution in [0.4, 0.5) is 0 Å². The quantitative estimate of drug-likeness (QED) is 0.819. The molecule has 0 unspecified atom stereocenters. The molecule has 0 bridgehead atoms. The van der Waals surface area contributed by atoms with Gasteiger partial charge < -0.3 is 9.84 Å². The minimum atomic E-state index is -1.16. The van der Waals surface area contributed by atoms with Crippen molar-refractivity contribution in [3.63, 3.8) is 0 Å². The molecule has 0 saturated carbocycles. The Morgan fingerprint density at radius 2 is 2.28 bits per heavy atom. The number of fused-ring (bicyclic) bond motifs is 1. The fourth-order valence-electron chi connectivity index (χ4n) is 2.79. The number of hydrogen-bond acceptors (Lipinski definition) is 3. The summed E-state index contributed by atoms with van der Waals surface area (Å²) in [4.78, 5) is 12.0. The summed E-state index contributed by atoms with van der Waals surface area (Å²) >= 11 is 0. The first-order valence-corrected chi connectivity index (χ1v) is 6.63. The van der Waals surface area contributed by atoms with Crippen LogP contribution in [0.15, 0.2) is 23.5 Å². The third-order valence-electron chi connectivity index (χ3n) is 3.75. The van der Waals surface area contributed by atoms with Crippen molar-refractivity contribution in [3.8, 4) is 0 Å². The van der Waals surface area contributed by atoms with Gasteiger partial charge in [0.25, 0.3) is 0 Å². The molecule has 1 heterocycles. The zero-order valence-corrected chi connectivity index (χ0v) is 11.6. The number of carbonyl (C=O) groups is 1. The summed E-state index contributed by atoms with van der Waals surface area (Å²) in [6.07, 6.45) is 4.96. The molecule has 0 aromatic carbocycles. The molecular weight excluding hydrogens is 228 g/mol. The molecule has 3 heteroatoms. The van der Waals surface area contributed by atoms with Gasteiger partial charge in [-0.05, 0) is 38.3 Å². The summed E-state index contributed by atoms with van der Waals surface area (Å²) in [6, 6.07) is 0. The second-order valence-electron chi connectivity index (χ2n) is 6.08. The highest BCUT2D eigenvalue weighted by Crippen LogP contribution is 2.44.